The summed E-state index contributed by atoms with van der Waals surface area (Å²) in [6.45, 7) is 0.214. The van der Waals surface area contributed by atoms with Crippen LogP contribution in [0.4, 0.5) is 18.3 Å². The summed E-state index contributed by atoms with van der Waals surface area (Å²) < 4.78 is 38.0. The Balaban J connectivity index is 1.41. The number of halogens is 3. The van der Waals surface area contributed by atoms with Crippen LogP contribution < -0.4 is 11.1 Å². The highest BCUT2D eigenvalue weighted by Gasteiger charge is 2.29. The number of hydrogen-bond acceptors (Lipinski definition) is 5. The van der Waals surface area contributed by atoms with Crippen molar-refractivity contribution in [1.29, 1.82) is 0 Å². The van der Waals surface area contributed by atoms with Crippen LogP contribution in [0.1, 0.15) is 16.8 Å². The number of aliphatic hydroxyl groups excluding tert-OH is 1. The van der Waals surface area contributed by atoms with Crippen LogP contribution in [0.15, 0.2) is 54.7 Å². The van der Waals surface area contributed by atoms with Gasteiger partial charge in [0.15, 0.2) is 5.13 Å². The molecular weight excluding hydrogens is 425 g/mol. The van der Waals surface area contributed by atoms with Gasteiger partial charge in [-0.15, -0.1) is 0 Å². The first-order valence-electron chi connectivity index (χ1n) is 9.67. The van der Waals surface area contributed by atoms with Crippen LogP contribution in [0.25, 0.3) is 21.3 Å². The first-order valence-corrected chi connectivity index (χ1v) is 10.5. The molecule has 0 saturated carbocycles. The molecule has 5 N–H and O–H groups in total. The molecule has 31 heavy (non-hydrogen) atoms. The maximum atomic E-state index is 12.7. The van der Waals surface area contributed by atoms with E-state index in [0.717, 1.165) is 39.0 Å². The Morgan fingerprint density at radius 2 is 1.90 bits per heavy atom. The molecule has 0 aliphatic carbocycles. The Morgan fingerprint density at radius 1 is 1.13 bits per heavy atom. The Hall–Kier alpha value is -2.88. The van der Waals surface area contributed by atoms with E-state index in [1.54, 1.807) is 0 Å². The van der Waals surface area contributed by atoms with E-state index < -0.39 is 11.7 Å². The van der Waals surface area contributed by atoms with Gasteiger partial charge in [0.2, 0.25) is 0 Å². The molecule has 0 saturated heterocycles. The lowest BCUT2D eigenvalue weighted by atomic mass is 10.0. The fourth-order valence-electron chi connectivity index (χ4n) is 3.38. The highest BCUT2D eigenvalue weighted by atomic mass is 32.1. The van der Waals surface area contributed by atoms with Gasteiger partial charge in [0.1, 0.15) is 0 Å². The van der Waals surface area contributed by atoms with E-state index >= 15 is 0 Å². The first kappa shape index (κ1) is 21.4. The molecule has 2 heterocycles. The van der Waals surface area contributed by atoms with Gasteiger partial charge in [-0.3, -0.25) is 0 Å². The molecule has 0 unspecified atom stereocenters. The summed E-state index contributed by atoms with van der Waals surface area (Å²) in [6.07, 6.45) is -2.04. The predicted molar refractivity (Wildman–Crippen MR) is 117 cm³/mol. The molecule has 0 bridgehead atoms. The summed E-state index contributed by atoms with van der Waals surface area (Å²) >= 11 is 1.43. The Bertz CT molecular complexity index is 1170. The summed E-state index contributed by atoms with van der Waals surface area (Å²) in [5.41, 5.74) is 8.80. The van der Waals surface area contributed by atoms with Crippen LogP contribution in [0.3, 0.4) is 0 Å². The van der Waals surface area contributed by atoms with E-state index in [9.17, 15) is 18.3 Å². The summed E-state index contributed by atoms with van der Waals surface area (Å²) in [6, 6.07) is 12.7. The number of thiazole rings is 1. The molecule has 0 fully saturated rings. The zero-order valence-corrected chi connectivity index (χ0v) is 17.2. The van der Waals surface area contributed by atoms with Gasteiger partial charge in [-0.05, 0) is 53.3 Å². The lowest BCUT2D eigenvalue weighted by molar-refractivity contribution is -0.137. The zero-order chi connectivity index (χ0) is 22.0. The van der Waals surface area contributed by atoms with E-state index in [-0.39, 0.29) is 12.6 Å². The van der Waals surface area contributed by atoms with Crippen molar-refractivity contribution >= 4 is 27.4 Å². The molecule has 0 amide bonds. The largest absolute Gasteiger partial charge is 0.416 e. The normalized spacial score (nSPS) is 12.9. The van der Waals surface area contributed by atoms with Crippen LogP contribution in [0, 0.1) is 0 Å². The molecule has 162 valence electrons. The van der Waals surface area contributed by atoms with Crippen LogP contribution in [-0.2, 0) is 19.2 Å². The average molecular weight is 446 g/mol. The van der Waals surface area contributed by atoms with Crippen molar-refractivity contribution in [2.45, 2.75) is 25.2 Å². The van der Waals surface area contributed by atoms with E-state index in [4.69, 9.17) is 5.73 Å². The third-order valence-corrected chi connectivity index (χ3v) is 6.06. The number of H-pyrrole nitrogens is 1. The topological polar surface area (TPSA) is 87.0 Å². The maximum Gasteiger partial charge on any atom is 0.416 e. The number of aromatic amines is 1. The Labute approximate surface area is 180 Å². The number of aliphatic hydroxyl groups is 1. The van der Waals surface area contributed by atoms with Crippen molar-refractivity contribution < 1.29 is 18.3 Å². The quantitative estimate of drug-likeness (QED) is 0.329. The summed E-state index contributed by atoms with van der Waals surface area (Å²) in [5.74, 6) is 0. The number of rotatable bonds is 7. The molecule has 9 heteroatoms. The van der Waals surface area contributed by atoms with Gasteiger partial charge < -0.3 is 21.1 Å². The van der Waals surface area contributed by atoms with Crippen molar-refractivity contribution in [2.75, 3.05) is 11.9 Å². The number of nitrogens with zero attached hydrogens (tertiary/aromatic N) is 1. The molecule has 2 aromatic heterocycles. The SMILES string of the molecule is N[C@H](CNc1nc(CO)c(-c2ccc3[nH]ccc3c2)s1)Cc1ccc(C(F)(F)F)cc1. The van der Waals surface area contributed by atoms with E-state index in [1.165, 1.54) is 23.5 Å². The number of fused-ring (bicyclic) bond motifs is 1. The number of anilines is 1. The number of hydrogen-bond donors (Lipinski definition) is 4. The van der Waals surface area contributed by atoms with Crippen molar-refractivity contribution in [2.24, 2.45) is 5.73 Å². The Morgan fingerprint density at radius 3 is 2.61 bits per heavy atom. The number of nitrogens with two attached hydrogens (primary N) is 1. The zero-order valence-electron chi connectivity index (χ0n) is 16.4. The number of benzene rings is 2. The van der Waals surface area contributed by atoms with E-state index in [2.05, 4.69) is 15.3 Å². The smallest absolute Gasteiger partial charge is 0.390 e. The van der Waals surface area contributed by atoms with Crippen molar-refractivity contribution in [1.82, 2.24) is 9.97 Å². The van der Waals surface area contributed by atoms with E-state index in [0.29, 0.717) is 23.8 Å². The van der Waals surface area contributed by atoms with Gasteiger partial charge in [-0.2, -0.15) is 13.2 Å². The molecular formula is C22H21F3N4OS. The second kappa shape index (κ2) is 8.70. The fraction of sp³-hybridized carbons (Fsp3) is 0.227. The lowest BCUT2D eigenvalue weighted by Crippen LogP contribution is -2.31. The molecule has 4 rings (SSSR count). The standard InChI is InChI=1S/C22H21F3N4OS/c23-22(24,25)16-4-1-13(2-5-16)9-17(26)11-28-21-29-19(12-30)20(31-21)15-3-6-18-14(10-15)7-8-27-18/h1-8,10,17,27,30H,9,11-12,26H2,(H,28,29)/t17-/m0/s1. The highest BCUT2D eigenvalue weighted by molar-refractivity contribution is 7.19. The average Bonchev–Trinajstić information content (AvgIpc) is 3.38. The second-order valence-electron chi connectivity index (χ2n) is 7.27. The van der Waals surface area contributed by atoms with E-state index in [1.807, 2.05) is 30.5 Å². The van der Waals surface area contributed by atoms with Gasteiger partial charge in [0, 0.05) is 24.3 Å². The van der Waals surface area contributed by atoms with Crippen LogP contribution in [0.5, 0.6) is 0 Å². The minimum absolute atomic E-state index is 0.184. The highest BCUT2D eigenvalue weighted by Crippen LogP contribution is 2.35. The van der Waals surface area contributed by atoms with Gasteiger partial charge >= 0.3 is 6.18 Å². The summed E-state index contributed by atoms with van der Waals surface area (Å²) in [5, 5.41) is 14.6. The Kier molecular flexibility index (Phi) is 5.99. The lowest BCUT2D eigenvalue weighted by Gasteiger charge is -2.13. The molecule has 0 radical (unpaired) electrons. The third kappa shape index (κ3) is 4.90. The van der Waals surface area contributed by atoms with Crippen LogP contribution in [0.2, 0.25) is 0 Å². The van der Waals surface area contributed by atoms with Gasteiger partial charge in [-0.1, -0.05) is 29.5 Å². The molecule has 2 aromatic carbocycles. The molecule has 0 aliphatic heterocycles. The molecule has 1 atom stereocenters. The molecule has 0 spiro atoms. The number of alkyl halides is 3. The van der Waals surface area contributed by atoms with Gasteiger partial charge in [-0.25, -0.2) is 4.98 Å². The first-order chi connectivity index (χ1) is 14.8. The van der Waals surface area contributed by atoms with Crippen LogP contribution >= 0.6 is 11.3 Å². The van der Waals surface area contributed by atoms with Crippen LogP contribution in [-0.4, -0.2) is 27.7 Å². The maximum absolute atomic E-state index is 12.7. The summed E-state index contributed by atoms with van der Waals surface area (Å²) in [7, 11) is 0. The molecule has 4 aromatic rings. The molecule has 0 aliphatic rings. The third-order valence-electron chi connectivity index (χ3n) is 4.96. The molecule has 5 nitrogen and oxygen atoms in total. The summed E-state index contributed by atoms with van der Waals surface area (Å²) in [4.78, 5) is 8.49. The van der Waals surface area contributed by atoms with Gasteiger partial charge in [0.05, 0.1) is 22.7 Å². The van der Waals surface area contributed by atoms with Crippen molar-refractivity contribution in [3.05, 3.63) is 71.5 Å². The van der Waals surface area contributed by atoms with Crippen molar-refractivity contribution in [3.8, 4) is 10.4 Å². The number of nitrogens with one attached hydrogen (secondary N) is 2. The minimum atomic E-state index is -4.35. The minimum Gasteiger partial charge on any atom is -0.390 e. The van der Waals surface area contributed by atoms with Gasteiger partial charge in [0.25, 0.3) is 0 Å². The number of aromatic nitrogens is 2. The van der Waals surface area contributed by atoms with Crippen molar-refractivity contribution in [3.63, 3.8) is 0 Å². The fourth-order valence-corrected chi connectivity index (χ4v) is 4.36. The monoisotopic (exact) mass is 446 g/mol. The second-order valence-corrected chi connectivity index (χ2v) is 8.27. The predicted octanol–water partition coefficient (Wildman–Crippen LogP) is 4.78.